The van der Waals surface area contributed by atoms with Crippen molar-refractivity contribution >= 4 is 37.5 Å². The van der Waals surface area contributed by atoms with Gasteiger partial charge in [0.2, 0.25) is 0 Å². The van der Waals surface area contributed by atoms with Crippen molar-refractivity contribution in [1.29, 1.82) is 0 Å². The fraction of sp³-hybridized carbons (Fsp3) is 0.111. The smallest absolute Gasteiger partial charge is 0.134 e. The van der Waals surface area contributed by atoms with Crippen LogP contribution in [-0.4, -0.2) is 9.79 Å². The molecule has 0 radical (unpaired) electrons. The van der Waals surface area contributed by atoms with Gasteiger partial charge in [-0.05, 0) is 24.1 Å². The van der Waals surface area contributed by atoms with Crippen molar-refractivity contribution in [2.45, 2.75) is 6.92 Å². The Balaban J connectivity index is 0.000000423. The lowest BCUT2D eigenvalue weighted by Crippen LogP contribution is -1.77. The monoisotopic (exact) mass is 267 g/mol. The lowest BCUT2D eigenvalue weighted by Gasteiger charge is -1.97. The molecule has 0 atom stereocenters. The molecule has 0 spiro atoms. The van der Waals surface area contributed by atoms with Crippen LogP contribution in [0.3, 0.4) is 0 Å². The van der Waals surface area contributed by atoms with E-state index in [-0.39, 0.29) is 0 Å². The third-order valence-corrected chi connectivity index (χ3v) is 1.67. The van der Waals surface area contributed by atoms with E-state index in [0.29, 0.717) is 4.49 Å². The third kappa shape index (κ3) is 8.55. The first-order valence-corrected chi connectivity index (χ1v) is 5.79. The summed E-state index contributed by atoms with van der Waals surface area (Å²) in [6, 6.07) is 7.92. The molecular formula is C9H10Cl2O3P+. The van der Waals surface area contributed by atoms with Gasteiger partial charge in [0.25, 0.3) is 0 Å². The molecule has 2 N–H and O–H groups in total. The maximum absolute atomic E-state index is 8.70. The molecule has 1 aromatic carbocycles. The van der Waals surface area contributed by atoms with Gasteiger partial charge in [-0.1, -0.05) is 47.5 Å². The average molecular weight is 268 g/mol. The zero-order valence-corrected chi connectivity index (χ0v) is 10.3. The molecular weight excluding hydrogens is 258 g/mol. The summed E-state index contributed by atoms with van der Waals surface area (Å²) in [4.78, 5) is 14.2. The van der Waals surface area contributed by atoms with E-state index in [4.69, 9.17) is 37.6 Å². The van der Waals surface area contributed by atoms with E-state index in [1.807, 2.05) is 31.2 Å². The quantitative estimate of drug-likeness (QED) is 0.767. The van der Waals surface area contributed by atoms with Crippen LogP contribution in [0.15, 0.2) is 28.8 Å². The average Bonchev–Trinajstić information content (AvgIpc) is 2.07. The minimum Gasteiger partial charge on any atom is -0.134 e. The van der Waals surface area contributed by atoms with E-state index >= 15 is 0 Å². The van der Waals surface area contributed by atoms with Gasteiger partial charge in [-0.2, -0.15) is 0 Å². The highest BCUT2D eigenvalue weighted by molar-refractivity contribution is 7.30. The van der Waals surface area contributed by atoms with Gasteiger partial charge in [0.1, 0.15) is 4.49 Å². The van der Waals surface area contributed by atoms with Crippen LogP contribution < -0.4 is 0 Å². The van der Waals surface area contributed by atoms with Crippen LogP contribution in [0, 0.1) is 6.92 Å². The standard InChI is InChI=1S/C9H8Cl2.HO3P/c1-7-4-2-3-5-8(7)6-9(10)11;1-4(2)3/h2-6H,1H3;(H-,1,2,3)/p+1. The Bertz CT molecular complexity index is 358. The summed E-state index contributed by atoms with van der Waals surface area (Å²) in [5, 5.41) is 0. The van der Waals surface area contributed by atoms with E-state index in [1.54, 1.807) is 6.08 Å². The van der Waals surface area contributed by atoms with E-state index in [1.165, 1.54) is 5.56 Å². The van der Waals surface area contributed by atoms with Crippen molar-refractivity contribution in [2.75, 3.05) is 0 Å². The Hall–Kier alpha value is -0.440. The Kier molecular flexibility index (Phi) is 7.57. The number of halogens is 2. The summed E-state index contributed by atoms with van der Waals surface area (Å²) in [6.45, 7) is 2.02. The normalized spacial score (nSPS) is 8.60. The molecule has 0 aromatic heterocycles. The summed E-state index contributed by atoms with van der Waals surface area (Å²) in [7, 11) is -2.87. The lowest BCUT2D eigenvalue weighted by atomic mass is 10.1. The van der Waals surface area contributed by atoms with Crippen LogP contribution in [-0.2, 0) is 4.57 Å². The lowest BCUT2D eigenvalue weighted by molar-refractivity contribution is 0.405. The van der Waals surface area contributed by atoms with Gasteiger partial charge in [-0.3, -0.25) is 0 Å². The van der Waals surface area contributed by atoms with Gasteiger partial charge in [0.05, 0.1) is 0 Å². The highest BCUT2D eigenvalue weighted by Gasteiger charge is 1.93. The summed E-state index contributed by atoms with van der Waals surface area (Å²) in [5.41, 5.74) is 2.24. The van der Waals surface area contributed by atoms with E-state index in [0.717, 1.165) is 5.56 Å². The second-order valence-corrected chi connectivity index (χ2v) is 4.06. The van der Waals surface area contributed by atoms with Gasteiger partial charge in [-0.25, -0.2) is 0 Å². The maximum Gasteiger partial charge on any atom is 0.692 e. The second kappa shape index (κ2) is 7.80. The highest BCUT2D eigenvalue weighted by atomic mass is 35.5. The Morgan fingerprint density at radius 2 is 1.80 bits per heavy atom. The molecule has 0 fully saturated rings. The van der Waals surface area contributed by atoms with Gasteiger partial charge >= 0.3 is 8.25 Å². The third-order valence-electron chi connectivity index (χ3n) is 1.45. The number of rotatable bonds is 1. The van der Waals surface area contributed by atoms with Gasteiger partial charge in [0, 0.05) is 4.57 Å². The molecule has 0 saturated carbocycles. The Morgan fingerprint density at radius 3 is 2.20 bits per heavy atom. The molecule has 0 amide bonds. The van der Waals surface area contributed by atoms with E-state index in [9.17, 15) is 0 Å². The van der Waals surface area contributed by atoms with Crippen molar-refractivity contribution in [1.82, 2.24) is 0 Å². The van der Waals surface area contributed by atoms with Crippen LogP contribution in [0.5, 0.6) is 0 Å². The van der Waals surface area contributed by atoms with Crippen molar-refractivity contribution in [2.24, 2.45) is 0 Å². The van der Waals surface area contributed by atoms with Gasteiger partial charge in [-0.15, -0.1) is 9.79 Å². The number of benzene rings is 1. The molecule has 3 nitrogen and oxygen atoms in total. The SMILES string of the molecule is Cc1ccccc1C=C(Cl)Cl.O=[P+](O)O. The van der Waals surface area contributed by atoms with Crippen LogP contribution in [0.25, 0.3) is 6.08 Å². The summed E-state index contributed by atoms with van der Waals surface area (Å²) >= 11 is 11.0. The van der Waals surface area contributed by atoms with Crippen LogP contribution >= 0.6 is 31.5 Å². The number of hydrogen-bond donors (Lipinski definition) is 2. The first kappa shape index (κ1) is 14.6. The largest absolute Gasteiger partial charge is 0.692 e. The first-order chi connectivity index (χ1) is 6.93. The Morgan fingerprint density at radius 1 is 1.33 bits per heavy atom. The van der Waals surface area contributed by atoms with Crippen molar-refractivity contribution in [3.05, 3.63) is 39.9 Å². The molecule has 0 heterocycles. The predicted octanol–water partition coefficient (Wildman–Crippen LogP) is 3.40. The second-order valence-electron chi connectivity index (χ2n) is 2.54. The fourth-order valence-corrected chi connectivity index (χ4v) is 1.10. The predicted molar refractivity (Wildman–Crippen MR) is 62.9 cm³/mol. The molecule has 15 heavy (non-hydrogen) atoms. The Labute approximate surface area is 98.9 Å². The molecule has 82 valence electrons. The molecule has 6 heteroatoms. The first-order valence-electron chi connectivity index (χ1n) is 3.87. The zero-order valence-electron chi connectivity index (χ0n) is 7.89. The molecule has 0 unspecified atom stereocenters. The van der Waals surface area contributed by atoms with Crippen LogP contribution in [0.4, 0.5) is 0 Å². The molecule has 0 bridgehead atoms. The zero-order chi connectivity index (χ0) is 11.8. The minimum absolute atomic E-state index is 0.291. The summed E-state index contributed by atoms with van der Waals surface area (Å²) in [6.07, 6.45) is 1.73. The van der Waals surface area contributed by atoms with E-state index < -0.39 is 8.25 Å². The maximum atomic E-state index is 8.70. The highest BCUT2D eigenvalue weighted by Crippen LogP contribution is 2.16. The van der Waals surface area contributed by atoms with Crippen molar-refractivity contribution < 1.29 is 14.4 Å². The summed E-state index contributed by atoms with van der Waals surface area (Å²) < 4.78 is 8.99. The number of aryl methyl sites for hydroxylation is 1. The van der Waals surface area contributed by atoms with Crippen LogP contribution in [0.1, 0.15) is 11.1 Å². The molecule has 1 aromatic rings. The topological polar surface area (TPSA) is 57.5 Å². The molecule has 0 aliphatic heterocycles. The van der Waals surface area contributed by atoms with Gasteiger partial charge < -0.3 is 0 Å². The molecule has 0 aliphatic carbocycles. The molecule has 0 saturated heterocycles. The minimum atomic E-state index is -2.87. The van der Waals surface area contributed by atoms with E-state index in [2.05, 4.69) is 0 Å². The molecule has 0 aliphatic rings. The van der Waals surface area contributed by atoms with Gasteiger partial charge in [0.15, 0.2) is 0 Å². The summed E-state index contributed by atoms with van der Waals surface area (Å²) in [5.74, 6) is 0. The van der Waals surface area contributed by atoms with Crippen molar-refractivity contribution in [3.8, 4) is 0 Å². The fourth-order valence-electron chi connectivity index (χ4n) is 0.866. The van der Waals surface area contributed by atoms with Crippen LogP contribution in [0.2, 0.25) is 0 Å². The number of hydrogen-bond acceptors (Lipinski definition) is 1. The molecule has 1 rings (SSSR count). The van der Waals surface area contributed by atoms with Crippen molar-refractivity contribution in [3.63, 3.8) is 0 Å².